The van der Waals surface area contributed by atoms with E-state index in [1.54, 1.807) is 0 Å². The summed E-state index contributed by atoms with van der Waals surface area (Å²) in [4.78, 5) is 20.7. The Balaban J connectivity index is 1.68. The fourth-order valence-electron chi connectivity index (χ4n) is 1.99. The number of hydrogen-bond donors (Lipinski definition) is 2. The van der Waals surface area contributed by atoms with Gasteiger partial charge in [-0.1, -0.05) is 30.3 Å². The number of aromatic amines is 1. The van der Waals surface area contributed by atoms with Crippen LogP contribution in [0.4, 0.5) is 5.95 Å². The Morgan fingerprint density at radius 1 is 1.14 bits per heavy atom. The van der Waals surface area contributed by atoms with E-state index in [1.165, 1.54) is 11.8 Å². The highest BCUT2D eigenvalue weighted by atomic mass is 32.2. The number of imidazole rings is 1. The Bertz CT molecular complexity index is 721. The van der Waals surface area contributed by atoms with Crippen molar-refractivity contribution < 1.29 is 4.79 Å². The molecule has 2 N–H and O–H groups in total. The monoisotopic (exact) mass is 297 g/mol. The number of nitrogens with zero attached hydrogens (tertiary/aromatic N) is 1. The quantitative estimate of drug-likeness (QED) is 0.722. The molecule has 0 aliphatic carbocycles. The number of nitrogens with one attached hydrogen (secondary N) is 2. The first-order valence-corrected chi connectivity index (χ1v) is 7.57. The molecule has 0 fully saturated rings. The van der Waals surface area contributed by atoms with Crippen LogP contribution in [0.2, 0.25) is 0 Å². The average molecular weight is 297 g/mol. The highest BCUT2D eigenvalue weighted by Gasteiger charge is 2.15. The molecule has 0 radical (unpaired) electrons. The molecule has 3 rings (SSSR count). The zero-order valence-corrected chi connectivity index (χ0v) is 12.4. The van der Waals surface area contributed by atoms with Gasteiger partial charge in [-0.3, -0.25) is 10.1 Å². The summed E-state index contributed by atoms with van der Waals surface area (Å²) in [5.74, 6) is 0.421. The maximum Gasteiger partial charge on any atom is 0.239 e. The van der Waals surface area contributed by atoms with Gasteiger partial charge in [0.2, 0.25) is 11.9 Å². The summed E-state index contributed by atoms with van der Waals surface area (Å²) >= 11 is 1.52. The van der Waals surface area contributed by atoms with Gasteiger partial charge in [-0.05, 0) is 31.2 Å². The molecular weight excluding hydrogens is 282 g/mol. The molecule has 3 aromatic rings. The number of fused-ring (bicyclic) bond motifs is 1. The van der Waals surface area contributed by atoms with E-state index in [0.29, 0.717) is 5.95 Å². The zero-order valence-electron chi connectivity index (χ0n) is 11.5. The van der Waals surface area contributed by atoms with Gasteiger partial charge in [0.15, 0.2) is 0 Å². The molecule has 1 heterocycles. The van der Waals surface area contributed by atoms with E-state index in [4.69, 9.17) is 0 Å². The van der Waals surface area contributed by atoms with Gasteiger partial charge in [-0.25, -0.2) is 4.98 Å². The molecular formula is C16H15N3OS. The lowest BCUT2D eigenvalue weighted by molar-refractivity contribution is -0.115. The number of para-hydroxylation sites is 2. The van der Waals surface area contributed by atoms with Crippen LogP contribution in [0.15, 0.2) is 59.5 Å². The Morgan fingerprint density at radius 2 is 1.86 bits per heavy atom. The van der Waals surface area contributed by atoms with Crippen LogP contribution in [0.25, 0.3) is 11.0 Å². The number of hydrogen-bond acceptors (Lipinski definition) is 3. The van der Waals surface area contributed by atoms with E-state index < -0.39 is 0 Å². The molecule has 1 aromatic heterocycles. The van der Waals surface area contributed by atoms with Crippen LogP contribution in [0.3, 0.4) is 0 Å². The maximum atomic E-state index is 12.2. The van der Waals surface area contributed by atoms with Crippen molar-refractivity contribution in [2.75, 3.05) is 5.32 Å². The van der Waals surface area contributed by atoms with E-state index in [9.17, 15) is 4.79 Å². The summed E-state index contributed by atoms with van der Waals surface area (Å²) in [6.07, 6.45) is 0. The molecule has 0 saturated carbocycles. The number of thioether (sulfide) groups is 1. The Morgan fingerprint density at radius 3 is 2.62 bits per heavy atom. The van der Waals surface area contributed by atoms with Crippen LogP contribution in [-0.2, 0) is 4.79 Å². The van der Waals surface area contributed by atoms with Crippen molar-refractivity contribution in [3.63, 3.8) is 0 Å². The van der Waals surface area contributed by atoms with Crippen molar-refractivity contribution in [1.29, 1.82) is 0 Å². The highest BCUT2D eigenvalue weighted by Crippen LogP contribution is 2.23. The maximum absolute atomic E-state index is 12.2. The molecule has 1 unspecified atom stereocenters. The van der Waals surface area contributed by atoms with E-state index >= 15 is 0 Å². The first kappa shape index (κ1) is 13.7. The molecule has 0 aliphatic rings. The van der Waals surface area contributed by atoms with Crippen molar-refractivity contribution in [1.82, 2.24) is 9.97 Å². The molecule has 106 valence electrons. The van der Waals surface area contributed by atoms with Gasteiger partial charge in [-0.2, -0.15) is 0 Å². The number of carbonyl (C=O) groups excluding carboxylic acids is 1. The molecule has 2 aromatic carbocycles. The highest BCUT2D eigenvalue weighted by molar-refractivity contribution is 8.00. The molecule has 1 amide bonds. The minimum Gasteiger partial charge on any atom is -0.324 e. The number of carbonyl (C=O) groups is 1. The minimum atomic E-state index is -0.194. The van der Waals surface area contributed by atoms with Gasteiger partial charge in [-0.15, -0.1) is 11.8 Å². The lowest BCUT2D eigenvalue weighted by Crippen LogP contribution is -2.22. The molecule has 0 saturated heterocycles. The fraction of sp³-hybridized carbons (Fsp3) is 0.125. The van der Waals surface area contributed by atoms with Crippen LogP contribution in [-0.4, -0.2) is 21.1 Å². The normalized spacial score (nSPS) is 12.2. The molecule has 4 nitrogen and oxygen atoms in total. The number of anilines is 1. The smallest absolute Gasteiger partial charge is 0.239 e. The summed E-state index contributed by atoms with van der Waals surface area (Å²) in [6, 6.07) is 17.6. The van der Waals surface area contributed by atoms with Gasteiger partial charge in [0.25, 0.3) is 0 Å². The first-order chi connectivity index (χ1) is 10.2. The van der Waals surface area contributed by atoms with Crippen LogP contribution in [0.5, 0.6) is 0 Å². The third-order valence-corrected chi connectivity index (χ3v) is 4.17. The van der Waals surface area contributed by atoms with Crippen molar-refractivity contribution >= 4 is 34.7 Å². The van der Waals surface area contributed by atoms with Gasteiger partial charge >= 0.3 is 0 Å². The predicted octanol–water partition coefficient (Wildman–Crippen LogP) is 3.68. The van der Waals surface area contributed by atoms with Crippen LogP contribution in [0.1, 0.15) is 6.92 Å². The van der Waals surface area contributed by atoms with Gasteiger partial charge in [0, 0.05) is 4.90 Å². The molecule has 21 heavy (non-hydrogen) atoms. The number of amides is 1. The van der Waals surface area contributed by atoms with Crippen LogP contribution in [0, 0.1) is 0 Å². The number of aromatic nitrogens is 2. The molecule has 1 atom stereocenters. The van der Waals surface area contributed by atoms with Gasteiger partial charge in [0.1, 0.15) is 0 Å². The standard InChI is InChI=1S/C16H15N3OS/c1-11(21-12-7-3-2-4-8-12)15(20)19-16-17-13-9-5-6-10-14(13)18-16/h2-11H,1H3,(H2,17,18,19,20). The summed E-state index contributed by atoms with van der Waals surface area (Å²) < 4.78 is 0. The second-order valence-electron chi connectivity index (χ2n) is 4.66. The third kappa shape index (κ3) is 3.25. The molecule has 0 spiro atoms. The van der Waals surface area contributed by atoms with Crippen molar-refractivity contribution in [3.05, 3.63) is 54.6 Å². The zero-order chi connectivity index (χ0) is 14.7. The van der Waals surface area contributed by atoms with E-state index in [1.807, 2.05) is 61.5 Å². The van der Waals surface area contributed by atoms with Crippen molar-refractivity contribution in [2.45, 2.75) is 17.1 Å². The fourth-order valence-corrected chi connectivity index (χ4v) is 2.88. The lowest BCUT2D eigenvalue weighted by atomic mass is 10.3. The Kier molecular flexibility index (Phi) is 3.92. The average Bonchev–Trinajstić information content (AvgIpc) is 2.90. The molecule has 5 heteroatoms. The summed E-state index contributed by atoms with van der Waals surface area (Å²) in [6.45, 7) is 1.88. The third-order valence-electron chi connectivity index (χ3n) is 3.06. The van der Waals surface area contributed by atoms with Crippen LogP contribution < -0.4 is 5.32 Å². The van der Waals surface area contributed by atoms with Crippen LogP contribution >= 0.6 is 11.8 Å². The second-order valence-corrected chi connectivity index (χ2v) is 6.08. The minimum absolute atomic E-state index is 0.0668. The van der Waals surface area contributed by atoms with E-state index in [-0.39, 0.29) is 11.2 Å². The summed E-state index contributed by atoms with van der Waals surface area (Å²) in [7, 11) is 0. The van der Waals surface area contributed by atoms with Crippen molar-refractivity contribution in [2.24, 2.45) is 0 Å². The summed E-state index contributed by atoms with van der Waals surface area (Å²) in [5.41, 5.74) is 1.76. The first-order valence-electron chi connectivity index (χ1n) is 6.70. The molecule has 0 aliphatic heterocycles. The lowest BCUT2D eigenvalue weighted by Gasteiger charge is -2.10. The number of rotatable bonds is 4. The van der Waals surface area contributed by atoms with E-state index in [0.717, 1.165) is 15.9 Å². The van der Waals surface area contributed by atoms with E-state index in [2.05, 4.69) is 15.3 Å². The SMILES string of the molecule is CC(Sc1ccccc1)C(=O)Nc1nc2ccccc2[nH]1. The predicted molar refractivity (Wildman–Crippen MR) is 86.5 cm³/mol. The second kappa shape index (κ2) is 6.01. The molecule has 0 bridgehead atoms. The van der Waals surface area contributed by atoms with Gasteiger partial charge in [0.05, 0.1) is 16.3 Å². The topological polar surface area (TPSA) is 57.8 Å². The Hall–Kier alpha value is -2.27. The number of H-pyrrole nitrogens is 1. The summed E-state index contributed by atoms with van der Waals surface area (Å²) in [5, 5.41) is 2.63. The largest absolute Gasteiger partial charge is 0.324 e. The van der Waals surface area contributed by atoms with Crippen molar-refractivity contribution in [3.8, 4) is 0 Å². The number of benzene rings is 2. The van der Waals surface area contributed by atoms with Gasteiger partial charge < -0.3 is 4.98 Å². The Labute approximate surface area is 127 Å².